The van der Waals surface area contributed by atoms with Gasteiger partial charge in [-0.05, 0) is 46.7 Å². The average Bonchev–Trinajstić information content (AvgIpc) is 2.82. The van der Waals surface area contributed by atoms with E-state index in [-0.39, 0.29) is 18.6 Å². The second-order valence-corrected chi connectivity index (χ2v) is 8.87. The molecule has 32 heavy (non-hydrogen) atoms. The molecule has 0 unspecified atom stereocenters. The number of carbonyl (C=O) groups is 1. The van der Waals surface area contributed by atoms with Crippen LogP contribution in [0.5, 0.6) is 5.75 Å². The molecule has 1 aliphatic rings. The lowest BCUT2D eigenvalue weighted by atomic mass is 9.87. The predicted molar refractivity (Wildman–Crippen MR) is 129 cm³/mol. The number of amides is 1. The summed E-state index contributed by atoms with van der Waals surface area (Å²) in [6.07, 6.45) is 1.00. The van der Waals surface area contributed by atoms with Gasteiger partial charge < -0.3 is 10.1 Å². The van der Waals surface area contributed by atoms with E-state index in [9.17, 15) is 4.79 Å². The fourth-order valence-corrected chi connectivity index (χ4v) is 4.27. The molecular weight excluding hydrogens is 396 g/mol. The Morgan fingerprint density at radius 3 is 2.47 bits per heavy atom. The Morgan fingerprint density at radius 1 is 1.03 bits per heavy atom. The smallest absolute Gasteiger partial charge is 0.257 e. The van der Waals surface area contributed by atoms with Crippen molar-refractivity contribution < 1.29 is 9.53 Å². The van der Waals surface area contributed by atoms with Crippen molar-refractivity contribution in [3.63, 3.8) is 0 Å². The van der Waals surface area contributed by atoms with Crippen molar-refractivity contribution in [2.45, 2.75) is 32.9 Å². The first-order valence-corrected chi connectivity index (χ1v) is 11.5. The summed E-state index contributed by atoms with van der Waals surface area (Å²) >= 11 is 0. The first-order chi connectivity index (χ1) is 15.6. The van der Waals surface area contributed by atoms with Gasteiger partial charge in [0, 0.05) is 19.6 Å². The van der Waals surface area contributed by atoms with E-state index in [1.54, 1.807) is 0 Å². The number of fused-ring (bicyclic) bond motifs is 1. The van der Waals surface area contributed by atoms with Gasteiger partial charge in [-0.2, -0.15) is 0 Å². The van der Waals surface area contributed by atoms with E-state index in [0.717, 1.165) is 25.3 Å². The molecule has 0 bridgehead atoms. The number of hydrogen-bond acceptors (Lipinski definition) is 3. The molecule has 1 N–H and O–H groups in total. The van der Waals surface area contributed by atoms with Crippen molar-refractivity contribution in [3.8, 4) is 5.75 Å². The molecule has 1 heterocycles. The zero-order valence-corrected chi connectivity index (χ0v) is 19.0. The van der Waals surface area contributed by atoms with Crippen molar-refractivity contribution >= 4 is 5.91 Å². The standard InChI is InChI=1S/C28H32N2O2/c1-21(2)18-29-27(31)20-32-25-14-13-23-15-16-30(19-22-9-5-3-6-10-22)28(26(23)17-25)24-11-7-4-8-12-24/h3-14,17,21,28H,15-16,18-20H2,1-2H3,(H,29,31)/t28-/m1/s1. The summed E-state index contributed by atoms with van der Waals surface area (Å²) < 4.78 is 5.87. The fraction of sp³-hybridized carbons (Fsp3) is 0.321. The van der Waals surface area contributed by atoms with Crippen molar-refractivity contribution in [1.82, 2.24) is 10.2 Å². The van der Waals surface area contributed by atoms with Crippen molar-refractivity contribution in [2.24, 2.45) is 5.92 Å². The van der Waals surface area contributed by atoms with Gasteiger partial charge >= 0.3 is 0 Å². The van der Waals surface area contributed by atoms with Gasteiger partial charge in [0.25, 0.3) is 5.91 Å². The summed E-state index contributed by atoms with van der Waals surface area (Å²) in [7, 11) is 0. The van der Waals surface area contributed by atoms with E-state index in [1.165, 1.54) is 22.3 Å². The van der Waals surface area contributed by atoms with Gasteiger partial charge in [-0.15, -0.1) is 0 Å². The third-order valence-corrected chi connectivity index (χ3v) is 5.87. The summed E-state index contributed by atoms with van der Waals surface area (Å²) in [5.41, 5.74) is 5.19. The van der Waals surface area contributed by atoms with E-state index < -0.39 is 0 Å². The molecule has 1 amide bonds. The van der Waals surface area contributed by atoms with Crippen LogP contribution in [0.15, 0.2) is 78.9 Å². The van der Waals surface area contributed by atoms with Crippen LogP contribution in [-0.2, 0) is 17.8 Å². The molecule has 166 valence electrons. The molecule has 4 heteroatoms. The Bertz CT molecular complexity index is 1020. The molecule has 0 spiro atoms. The number of rotatable bonds is 8. The maximum Gasteiger partial charge on any atom is 0.257 e. The summed E-state index contributed by atoms with van der Waals surface area (Å²) in [6, 6.07) is 27.7. The van der Waals surface area contributed by atoms with Crippen LogP contribution in [-0.4, -0.2) is 30.5 Å². The maximum absolute atomic E-state index is 12.1. The SMILES string of the molecule is CC(C)CNC(=O)COc1ccc2c(c1)[C@@H](c1ccccc1)N(Cc1ccccc1)CC2. The second kappa shape index (κ2) is 10.5. The van der Waals surface area contributed by atoms with Crippen molar-refractivity contribution in [1.29, 1.82) is 0 Å². The Labute approximate surface area is 191 Å². The van der Waals surface area contributed by atoms with Crippen LogP contribution in [0.25, 0.3) is 0 Å². The van der Waals surface area contributed by atoms with Gasteiger partial charge in [0.05, 0.1) is 6.04 Å². The highest BCUT2D eigenvalue weighted by Crippen LogP contribution is 2.37. The number of nitrogens with one attached hydrogen (secondary N) is 1. The molecular formula is C28H32N2O2. The topological polar surface area (TPSA) is 41.6 Å². The monoisotopic (exact) mass is 428 g/mol. The first kappa shape index (κ1) is 22.1. The fourth-order valence-electron chi connectivity index (χ4n) is 4.27. The molecule has 1 aliphatic heterocycles. The molecule has 1 atom stereocenters. The number of benzene rings is 3. The van der Waals surface area contributed by atoms with Crippen LogP contribution in [0.2, 0.25) is 0 Å². The van der Waals surface area contributed by atoms with Gasteiger partial charge in [-0.3, -0.25) is 9.69 Å². The minimum Gasteiger partial charge on any atom is -0.484 e. The van der Waals surface area contributed by atoms with Crippen LogP contribution in [0.3, 0.4) is 0 Å². The molecule has 0 aliphatic carbocycles. The Morgan fingerprint density at radius 2 is 1.75 bits per heavy atom. The lowest BCUT2D eigenvalue weighted by Gasteiger charge is -2.38. The average molecular weight is 429 g/mol. The van der Waals surface area contributed by atoms with E-state index in [2.05, 4.69) is 96.9 Å². The van der Waals surface area contributed by atoms with Crippen molar-refractivity contribution in [2.75, 3.05) is 19.7 Å². The van der Waals surface area contributed by atoms with Gasteiger partial charge in [0.1, 0.15) is 5.75 Å². The molecule has 0 aromatic heterocycles. The van der Waals surface area contributed by atoms with E-state index >= 15 is 0 Å². The third kappa shape index (κ3) is 5.57. The summed E-state index contributed by atoms with van der Waals surface area (Å²) in [5.74, 6) is 1.08. The zero-order chi connectivity index (χ0) is 22.3. The normalized spacial score (nSPS) is 15.9. The van der Waals surface area contributed by atoms with Crippen molar-refractivity contribution in [3.05, 3.63) is 101 Å². The second-order valence-electron chi connectivity index (χ2n) is 8.87. The number of nitrogens with zero attached hydrogens (tertiary/aromatic N) is 1. The molecule has 0 radical (unpaired) electrons. The number of hydrogen-bond donors (Lipinski definition) is 1. The minimum atomic E-state index is -0.0817. The highest BCUT2D eigenvalue weighted by molar-refractivity contribution is 5.77. The number of carbonyl (C=O) groups excluding carboxylic acids is 1. The Balaban J connectivity index is 1.57. The first-order valence-electron chi connectivity index (χ1n) is 11.5. The molecule has 3 aromatic carbocycles. The van der Waals surface area contributed by atoms with Crippen LogP contribution >= 0.6 is 0 Å². The largest absolute Gasteiger partial charge is 0.484 e. The van der Waals surface area contributed by atoms with Gasteiger partial charge in [0.2, 0.25) is 0 Å². The molecule has 0 saturated carbocycles. The van der Waals surface area contributed by atoms with Gasteiger partial charge in [0.15, 0.2) is 6.61 Å². The van der Waals surface area contributed by atoms with E-state index in [1.807, 2.05) is 6.07 Å². The van der Waals surface area contributed by atoms with E-state index in [0.29, 0.717) is 12.5 Å². The molecule has 3 aromatic rings. The van der Waals surface area contributed by atoms with Crippen LogP contribution in [0.4, 0.5) is 0 Å². The molecule has 0 fully saturated rings. The summed E-state index contributed by atoms with van der Waals surface area (Å²) in [6.45, 7) is 6.75. The summed E-state index contributed by atoms with van der Waals surface area (Å²) in [5, 5.41) is 2.91. The minimum absolute atomic E-state index is 0.0369. The number of ether oxygens (including phenoxy) is 1. The quantitative estimate of drug-likeness (QED) is 0.550. The Hall–Kier alpha value is -3.11. The molecule has 4 rings (SSSR count). The van der Waals surface area contributed by atoms with E-state index in [4.69, 9.17) is 4.74 Å². The molecule has 0 saturated heterocycles. The van der Waals surface area contributed by atoms with Crippen LogP contribution < -0.4 is 10.1 Å². The van der Waals surface area contributed by atoms with Gasteiger partial charge in [-0.1, -0.05) is 80.6 Å². The maximum atomic E-state index is 12.1. The molecule has 4 nitrogen and oxygen atoms in total. The lowest BCUT2D eigenvalue weighted by Crippen LogP contribution is -2.35. The zero-order valence-electron chi connectivity index (χ0n) is 19.0. The summed E-state index contributed by atoms with van der Waals surface area (Å²) in [4.78, 5) is 14.6. The highest BCUT2D eigenvalue weighted by atomic mass is 16.5. The third-order valence-electron chi connectivity index (χ3n) is 5.87. The van der Waals surface area contributed by atoms with Crippen LogP contribution in [0.1, 0.15) is 42.1 Å². The highest BCUT2D eigenvalue weighted by Gasteiger charge is 2.29. The Kier molecular flexibility index (Phi) is 7.23. The van der Waals surface area contributed by atoms with Crippen LogP contribution in [0, 0.1) is 5.92 Å². The lowest BCUT2D eigenvalue weighted by molar-refractivity contribution is -0.123. The predicted octanol–water partition coefficient (Wildman–Crippen LogP) is 4.99. The van der Waals surface area contributed by atoms with Gasteiger partial charge in [-0.25, -0.2) is 0 Å².